The predicted octanol–water partition coefficient (Wildman–Crippen LogP) is 6.79. The van der Waals surface area contributed by atoms with Crippen LogP contribution in [0.2, 0.25) is 0 Å². The molecule has 0 aromatic heterocycles. The van der Waals surface area contributed by atoms with Crippen LogP contribution in [0.25, 0.3) is 0 Å². The van der Waals surface area contributed by atoms with Crippen LogP contribution in [0.5, 0.6) is 5.75 Å². The number of ether oxygens (including phenoxy) is 2. The van der Waals surface area contributed by atoms with E-state index in [9.17, 15) is 8.78 Å². The van der Waals surface area contributed by atoms with Crippen LogP contribution in [-0.4, -0.2) is 19.3 Å². The lowest BCUT2D eigenvalue weighted by Gasteiger charge is -2.38. The lowest BCUT2D eigenvalue weighted by molar-refractivity contribution is -0.0402. The topological polar surface area (TPSA) is 18.5 Å². The average Bonchev–Trinajstić information content (AvgIpc) is 2.73. The molecule has 2 aliphatic rings. The Morgan fingerprint density at radius 3 is 2.43 bits per heavy atom. The Hall–Kier alpha value is -1.42. The van der Waals surface area contributed by atoms with Gasteiger partial charge in [0.2, 0.25) is 5.82 Å². The molecule has 2 fully saturated rings. The highest BCUT2D eigenvalue weighted by Gasteiger charge is 2.33. The number of rotatable bonds is 7. The summed E-state index contributed by atoms with van der Waals surface area (Å²) in [5.74, 6) is -0.157. The maximum absolute atomic E-state index is 14.5. The molecule has 28 heavy (non-hydrogen) atoms. The van der Waals surface area contributed by atoms with Crippen LogP contribution in [0.1, 0.15) is 76.7 Å². The molecule has 2 atom stereocenters. The van der Waals surface area contributed by atoms with Crippen molar-refractivity contribution in [2.24, 2.45) is 11.8 Å². The summed E-state index contributed by atoms with van der Waals surface area (Å²) in [4.78, 5) is 0. The Balaban J connectivity index is 1.49. The fourth-order valence-corrected chi connectivity index (χ4v) is 4.91. The van der Waals surface area contributed by atoms with Crippen LogP contribution in [0.15, 0.2) is 24.3 Å². The van der Waals surface area contributed by atoms with E-state index in [2.05, 4.69) is 19.1 Å². The fraction of sp³-hybridized carbons (Fsp3) is 0.667. The van der Waals surface area contributed by atoms with E-state index in [0.717, 1.165) is 51.6 Å². The van der Waals surface area contributed by atoms with Gasteiger partial charge in [0.05, 0.1) is 19.3 Å². The van der Waals surface area contributed by atoms with Gasteiger partial charge in [-0.3, -0.25) is 0 Å². The van der Waals surface area contributed by atoms with E-state index < -0.39 is 11.6 Å². The monoisotopic (exact) mass is 392 g/mol. The molecule has 1 aliphatic heterocycles. The quantitative estimate of drug-likeness (QED) is 0.476. The highest BCUT2D eigenvalue weighted by Crippen LogP contribution is 2.43. The Labute approximate surface area is 168 Å². The second kappa shape index (κ2) is 10.4. The van der Waals surface area contributed by atoms with Gasteiger partial charge in [0.25, 0.3) is 0 Å². The van der Waals surface area contributed by atoms with Crippen molar-refractivity contribution in [3.05, 3.63) is 41.5 Å². The minimum atomic E-state index is -0.842. The number of hydrogen-bond donors (Lipinski definition) is 0. The summed E-state index contributed by atoms with van der Waals surface area (Å²) in [7, 11) is 0. The molecule has 2 nitrogen and oxygen atoms in total. The van der Waals surface area contributed by atoms with E-state index in [1.807, 2.05) is 0 Å². The van der Waals surface area contributed by atoms with Gasteiger partial charge in [-0.05, 0) is 94.6 Å². The molecular formula is C24H34F2O2. The van der Waals surface area contributed by atoms with E-state index in [4.69, 9.17) is 9.47 Å². The molecule has 0 radical (unpaired) electrons. The maximum Gasteiger partial charge on any atom is 0.200 e. The van der Waals surface area contributed by atoms with Crippen LogP contribution in [0.3, 0.4) is 0 Å². The molecule has 0 amide bonds. The molecule has 156 valence electrons. The molecule has 4 heteroatoms. The van der Waals surface area contributed by atoms with Crippen molar-refractivity contribution in [3.63, 3.8) is 0 Å². The molecule has 0 N–H and O–H groups in total. The summed E-state index contributed by atoms with van der Waals surface area (Å²) in [6.07, 6.45) is 13.3. The molecule has 0 spiro atoms. The SMILES string of the molecule is CC=CCCC1CCC(C2CCC(c3ccc(OCC)c(F)c3F)CC2)CO1. The first kappa shape index (κ1) is 21.3. The van der Waals surface area contributed by atoms with Crippen LogP contribution in [0.4, 0.5) is 8.78 Å². The molecule has 0 bridgehead atoms. The summed E-state index contributed by atoms with van der Waals surface area (Å²) in [5, 5.41) is 0. The Morgan fingerprint density at radius 1 is 1.04 bits per heavy atom. The first-order chi connectivity index (χ1) is 13.6. The van der Waals surface area contributed by atoms with Gasteiger partial charge in [0.15, 0.2) is 11.6 Å². The summed E-state index contributed by atoms with van der Waals surface area (Å²) in [6, 6.07) is 3.29. The van der Waals surface area contributed by atoms with Gasteiger partial charge in [-0.2, -0.15) is 4.39 Å². The Kier molecular flexibility index (Phi) is 7.90. The summed E-state index contributed by atoms with van der Waals surface area (Å²) in [5.41, 5.74) is 0.517. The van der Waals surface area contributed by atoms with Gasteiger partial charge in [-0.1, -0.05) is 18.2 Å². The van der Waals surface area contributed by atoms with E-state index in [0.29, 0.717) is 30.1 Å². The minimum Gasteiger partial charge on any atom is -0.491 e. The minimum absolute atomic E-state index is 0.0146. The third kappa shape index (κ3) is 5.14. The van der Waals surface area contributed by atoms with Crippen molar-refractivity contribution in [3.8, 4) is 5.75 Å². The van der Waals surface area contributed by atoms with Crippen LogP contribution < -0.4 is 4.74 Å². The van der Waals surface area contributed by atoms with Gasteiger partial charge in [-0.15, -0.1) is 0 Å². The van der Waals surface area contributed by atoms with Crippen molar-refractivity contribution >= 4 is 0 Å². The Morgan fingerprint density at radius 2 is 1.79 bits per heavy atom. The van der Waals surface area contributed by atoms with Crippen LogP contribution >= 0.6 is 0 Å². The number of benzene rings is 1. The largest absolute Gasteiger partial charge is 0.491 e. The predicted molar refractivity (Wildman–Crippen MR) is 109 cm³/mol. The smallest absolute Gasteiger partial charge is 0.200 e. The number of halogens is 2. The molecule has 1 aromatic rings. The highest BCUT2D eigenvalue weighted by molar-refractivity contribution is 5.33. The van der Waals surface area contributed by atoms with Gasteiger partial charge < -0.3 is 9.47 Å². The van der Waals surface area contributed by atoms with Crippen molar-refractivity contribution < 1.29 is 18.3 Å². The van der Waals surface area contributed by atoms with E-state index >= 15 is 0 Å². The van der Waals surface area contributed by atoms with Crippen LogP contribution in [0, 0.1) is 23.5 Å². The third-order valence-corrected chi connectivity index (χ3v) is 6.55. The van der Waals surface area contributed by atoms with Gasteiger partial charge in [0.1, 0.15) is 0 Å². The zero-order chi connectivity index (χ0) is 19.9. The molecule has 1 saturated heterocycles. The molecule has 1 aliphatic carbocycles. The van der Waals surface area contributed by atoms with Crippen molar-refractivity contribution in [1.82, 2.24) is 0 Å². The molecule has 2 unspecified atom stereocenters. The second-order valence-electron chi connectivity index (χ2n) is 8.26. The molecule has 1 heterocycles. The lowest BCUT2D eigenvalue weighted by atomic mass is 9.72. The Bertz CT molecular complexity index is 642. The highest BCUT2D eigenvalue weighted by atomic mass is 19.2. The summed E-state index contributed by atoms with van der Waals surface area (Å²) >= 11 is 0. The second-order valence-corrected chi connectivity index (χ2v) is 8.26. The normalized spacial score (nSPS) is 28.6. The van der Waals surface area contributed by atoms with Gasteiger partial charge >= 0.3 is 0 Å². The lowest BCUT2D eigenvalue weighted by Crippen LogP contribution is -2.32. The molecule has 1 aromatic carbocycles. The zero-order valence-electron chi connectivity index (χ0n) is 17.3. The van der Waals surface area contributed by atoms with Crippen molar-refractivity contribution in [2.75, 3.05) is 13.2 Å². The molecule has 3 rings (SSSR count). The summed E-state index contributed by atoms with van der Waals surface area (Å²) in [6.45, 7) is 5.02. The number of hydrogen-bond acceptors (Lipinski definition) is 2. The first-order valence-electron chi connectivity index (χ1n) is 11.0. The first-order valence-corrected chi connectivity index (χ1v) is 11.0. The van der Waals surface area contributed by atoms with E-state index in [1.54, 1.807) is 19.1 Å². The molecule has 1 saturated carbocycles. The van der Waals surface area contributed by atoms with Crippen LogP contribution in [-0.2, 0) is 4.74 Å². The maximum atomic E-state index is 14.5. The van der Waals surface area contributed by atoms with E-state index in [-0.39, 0.29) is 11.7 Å². The van der Waals surface area contributed by atoms with E-state index in [1.165, 1.54) is 6.42 Å². The average molecular weight is 393 g/mol. The van der Waals surface area contributed by atoms with Crippen molar-refractivity contribution in [2.45, 2.75) is 77.2 Å². The van der Waals surface area contributed by atoms with Crippen molar-refractivity contribution in [1.29, 1.82) is 0 Å². The third-order valence-electron chi connectivity index (χ3n) is 6.55. The number of allylic oxidation sites excluding steroid dienone is 2. The zero-order valence-corrected chi connectivity index (χ0v) is 17.3. The standard InChI is InChI=1S/C24H34F2O2/c1-3-5-6-7-20-13-12-19(16-28-20)17-8-10-18(11-9-17)21-14-15-22(27-4-2)24(26)23(21)25/h3,5,14-15,17-20H,4,6-13,16H2,1-2H3. The van der Waals surface area contributed by atoms with Gasteiger partial charge in [-0.25, -0.2) is 4.39 Å². The molecular weight excluding hydrogens is 358 g/mol. The van der Waals surface area contributed by atoms with Gasteiger partial charge in [0, 0.05) is 0 Å². The fourth-order valence-electron chi connectivity index (χ4n) is 4.91. The summed E-state index contributed by atoms with van der Waals surface area (Å²) < 4.78 is 40.0.